The third kappa shape index (κ3) is 2.62. The molecule has 88 valence electrons. The molecule has 1 aromatic heterocycles. The van der Waals surface area contributed by atoms with Crippen LogP contribution in [0.25, 0.3) is 0 Å². The molecule has 16 heavy (non-hydrogen) atoms. The van der Waals surface area contributed by atoms with Crippen LogP contribution in [0.3, 0.4) is 0 Å². The maximum Gasteiger partial charge on any atom is 0.222 e. The molecule has 0 radical (unpaired) electrons. The monoisotopic (exact) mass is 238 g/mol. The molecule has 0 spiro atoms. The van der Waals surface area contributed by atoms with E-state index in [9.17, 15) is 4.79 Å². The van der Waals surface area contributed by atoms with Gasteiger partial charge in [0.25, 0.3) is 0 Å². The lowest BCUT2D eigenvalue weighted by atomic mass is 10.0. The third-order valence-electron chi connectivity index (χ3n) is 2.72. The van der Waals surface area contributed by atoms with E-state index >= 15 is 0 Å². The lowest BCUT2D eigenvalue weighted by Crippen LogP contribution is -2.36. The molecule has 1 unspecified atom stereocenters. The van der Waals surface area contributed by atoms with E-state index in [1.54, 1.807) is 11.3 Å². The number of amides is 1. The highest BCUT2D eigenvalue weighted by Crippen LogP contribution is 2.30. The van der Waals surface area contributed by atoms with Crippen LogP contribution in [-0.2, 0) is 11.2 Å². The molecule has 1 atom stereocenters. The van der Waals surface area contributed by atoms with Gasteiger partial charge in [0.05, 0.1) is 6.04 Å². The van der Waals surface area contributed by atoms with Gasteiger partial charge in [-0.1, -0.05) is 0 Å². The van der Waals surface area contributed by atoms with Crippen LogP contribution in [0.2, 0.25) is 0 Å². The zero-order valence-corrected chi connectivity index (χ0v) is 10.6. The molecule has 4 heteroatoms. The Morgan fingerprint density at radius 2 is 2.50 bits per heavy atom. The van der Waals surface area contributed by atoms with Crippen molar-refractivity contribution in [1.29, 1.82) is 0 Å². The van der Waals surface area contributed by atoms with Gasteiger partial charge in [-0.25, -0.2) is 0 Å². The van der Waals surface area contributed by atoms with Crippen LogP contribution in [0.15, 0.2) is 11.4 Å². The highest BCUT2D eigenvalue weighted by Gasteiger charge is 2.23. The lowest BCUT2D eigenvalue weighted by molar-refractivity contribution is -0.122. The molecular weight excluding hydrogens is 220 g/mol. The fraction of sp³-hybridized carbons (Fsp3) is 0.583. The van der Waals surface area contributed by atoms with Crippen LogP contribution in [-0.4, -0.2) is 18.5 Å². The van der Waals surface area contributed by atoms with E-state index in [1.165, 1.54) is 10.4 Å². The first-order valence-electron chi connectivity index (χ1n) is 5.76. The van der Waals surface area contributed by atoms with Gasteiger partial charge in [0.2, 0.25) is 5.91 Å². The summed E-state index contributed by atoms with van der Waals surface area (Å²) in [4.78, 5) is 13.0. The zero-order chi connectivity index (χ0) is 11.5. The minimum Gasteiger partial charge on any atom is -0.354 e. The summed E-state index contributed by atoms with van der Waals surface area (Å²) in [7, 11) is 0. The maximum atomic E-state index is 11.7. The summed E-state index contributed by atoms with van der Waals surface area (Å²) < 4.78 is 0. The van der Waals surface area contributed by atoms with E-state index in [0.29, 0.717) is 6.42 Å². The third-order valence-corrected chi connectivity index (χ3v) is 3.79. The van der Waals surface area contributed by atoms with E-state index in [4.69, 9.17) is 0 Å². The minimum absolute atomic E-state index is 0.133. The molecule has 0 fully saturated rings. The Kier molecular flexibility index (Phi) is 3.61. The average molecular weight is 238 g/mol. The van der Waals surface area contributed by atoms with Crippen molar-refractivity contribution in [2.75, 3.05) is 6.54 Å². The van der Waals surface area contributed by atoms with Gasteiger partial charge in [0.15, 0.2) is 0 Å². The van der Waals surface area contributed by atoms with Crippen LogP contribution in [0, 0.1) is 0 Å². The molecule has 0 aromatic carbocycles. The fourth-order valence-electron chi connectivity index (χ4n) is 2.06. The van der Waals surface area contributed by atoms with Crippen LogP contribution in [0.1, 0.15) is 36.8 Å². The number of thiophene rings is 1. The number of carbonyl (C=O) groups excluding carboxylic acids is 1. The Hall–Kier alpha value is -0.870. The van der Waals surface area contributed by atoms with Crippen molar-refractivity contribution in [1.82, 2.24) is 10.6 Å². The normalized spacial score (nSPS) is 19.6. The van der Waals surface area contributed by atoms with Crippen molar-refractivity contribution in [2.45, 2.75) is 38.8 Å². The predicted molar refractivity (Wildman–Crippen MR) is 66.7 cm³/mol. The zero-order valence-electron chi connectivity index (χ0n) is 9.75. The highest BCUT2D eigenvalue weighted by molar-refractivity contribution is 7.10. The predicted octanol–water partition coefficient (Wildman–Crippen LogP) is 1.85. The van der Waals surface area contributed by atoms with E-state index < -0.39 is 0 Å². The summed E-state index contributed by atoms with van der Waals surface area (Å²) in [5.41, 5.74) is 1.41. The van der Waals surface area contributed by atoms with Gasteiger partial charge in [-0.2, -0.15) is 0 Å². The molecule has 2 rings (SSSR count). The quantitative estimate of drug-likeness (QED) is 0.844. The van der Waals surface area contributed by atoms with Crippen molar-refractivity contribution in [2.24, 2.45) is 0 Å². The summed E-state index contributed by atoms with van der Waals surface area (Å²) in [6.07, 6.45) is 1.63. The van der Waals surface area contributed by atoms with Crippen molar-refractivity contribution >= 4 is 17.2 Å². The summed E-state index contributed by atoms with van der Waals surface area (Å²) in [6.45, 7) is 4.95. The Morgan fingerprint density at radius 1 is 1.69 bits per heavy atom. The number of fused-ring (bicyclic) bond motifs is 1. The number of hydrogen-bond donors (Lipinski definition) is 2. The summed E-state index contributed by atoms with van der Waals surface area (Å²) >= 11 is 1.75. The molecule has 0 aliphatic carbocycles. The van der Waals surface area contributed by atoms with Gasteiger partial charge in [0, 0.05) is 17.3 Å². The standard InChI is InChI=1S/C12H18N2OS/c1-8(2)14-11(15)7-10-12-9(3-5-13-10)4-6-16-12/h4,6,8,10,13H,3,5,7H2,1-2H3,(H,14,15). The van der Waals surface area contributed by atoms with Crippen molar-refractivity contribution in [3.8, 4) is 0 Å². The first-order chi connectivity index (χ1) is 7.66. The molecule has 2 N–H and O–H groups in total. The largest absolute Gasteiger partial charge is 0.354 e. The van der Waals surface area contributed by atoms with Crippen molar-refractivity contribution < 1.29 is 4.79 Å². The van der Waals surface area contributed by atoms with Crippen molar-refractivity contribution in [3.63, 3.8) is 0 Å². The van der Waals surface area contributed by atoms with Gasteiger partial charge >= 0.3 is 0 Å². The van der Waals surface area contributed by atoms with Gasteiger partial charge < -0.3 is 10.6 Å². The van der Waals surface area contributed by atoms with Crippen LogP contribution >= 0.6 is 11.3 Å². The molecule has 1 aliphatic rings. The van der Waals surface area contributed by atoms with E-state index in [2.05, 4.69) is 22.1 Å². The SMILES string of the molecule is CC(C)NC(=O)CC1NCCc2ccsc21. The summed E-state index contributed by atoms with van der Waals surface area (Å²) in [5.74, 6) is 0.133. The summed E-state index contributed by atoms with van der Waals surface area (Å²) in [6, 6.07) is 2.61. The molecule has 0 bridgehead atoms. The minimum atomic E-state index is 0.133. The molecule has 3 nitrogen and oxygen atoms in total. The second-order valence-electron chi connectivity index (χ2n) is 4.49. The van der Waals surface area contributed by atoms with Gasteiger partial charge in [-0.05, 0) is 43.8 Å². The Bertz CT molecular complexity index is 373. The van der Waals surface area contributed by atoms with Gasteiger partial charge in [0.1, 0.15) is 0 Å². The smallest absolute Gasteiger partial charge is 0.222 e. The highest BCUT2D eigenvalue weighted by atomic mass is 32.1. The first-order valence-corrected chi connectivity index (χ1v) is 6.64. The average Bonchev–Trinajstić information content (AvgIpc) is 2.65. The number of carbonyl (C=O) groups is 1. The first kappa shape index (κ1) is 11.6. The second-order valence-corrected chi connectivity index (χ2v) is 5.44. The molecule has 2 heterocycles. The topological polar surface area (TPSA) is 41.1 Å². The van der Waals surface area contributed by atoms with Gasteiger partial charge in [-0.3, -0.25) is 4.79 Å². The lowest BCUT2D eigenvalue weighted by Gasteiger charge is -2.24. The van der Waals surface area contributed by atoms with Gasteiger partial charge in [-0.15, -0.1) is 11.3 Å². The fourth-order valence-corrected chi connectivity index (χ4v) is 3.10. The number of nitrogens with one attached hydrogen (secondary N) is 2. The summed E-state index contributed by atoms with van der Waals surface area (Å²) in [5, 5.41) is 8.47. The van der Waals surface area contributed by atoms with E-state index in [1.807, 2.05) is 13.8 Å². The molecule has 1 aromatic rings. The molecule has 1 aliphatic heterocycles. The van der Waals surface area contributed by atoms with Crippen LogP contribution in [0.5, 0.6) is 0 Å². The molecular formula is C12H18N2OS. The number of rotatable bonds is 3. The molecule has 0 saturated heterocycles. The Balaban J connectivity index is 2.00. The Morgan fingerprint density at radius 3 is 3.25 bits per heavy atom. The van der Waals surface area contributed by atoms with Crippen molar-refractivity contribution in [3.05, 3.63) is 21.9 Å². The Labute approximate surface area is 100 Å². The maximum absolute atomic E-state index is 11.7. The molecule has 0 saturated carbocycles. The van der Waals surface area contributed by atoms with Crippen LogP contribution in [0.4, 0.5) is 0 Å². The second kappa shape index (κ2) is 4.97. The van der Waals surface area contributed by atoms with E-state index in [0.717, 1.165) is 13.0 Å². The van der Waals surface area contributed by atoms with Crippen LogP contribution < -0.4 is 10.6 Å². The van der Waals surface area contributed by atoms with E-state index in [-0.39, 0.29) is 18.0 Å². The number of hydrogen-bond acceptors (Lipinski definition) is 3. The molecule has 1 amide bonds.